The number of hydrogen-bond donors (Lipinski definition) is 4. The molecule has 0 bridgehead atoms. The molecule has 0 aliphatic carbocycles. The van der Waals surface area contributed by atoms with Crippen LogP contribution in [0.5, 0.6) is 11.6 Å². The molecule has 2 aliphatic rings. The summed E-state index contributed by atoms with van der Waals surface area (Å²) in [4.78, 5) is 9.24. The minimum Gasteiger partial charge on any atom is -0.496 e. The van der Waals surface area contributed by atoms with E-state index in [4.69, 9.17) is 37.7 Å². The van der Waals surface area contributed by atoms with Crippen LogP contribution in [-0.4, -0.2) is 76.8 Å². The van der Waals surface area contributed by atoms with E-state index in [-0.39, 0.29) is 35.2 Å². The maximum atomic E-state index is 15.7. The van der Waals surface area contributed by atoms with Gasteiger partial charge in [-0.15, -0.1) is 0 Å². The topological polar surface area (TPSA) is 143 Å². The number of nitrogens with one attached hydrogen (secondary N) is 2. The molecule has 2 aliphatic heterocycles. The minimum absolute atomic E-state index is 0.0458. The summed E-state index contributed by atoms with van der Waals surface area (Å²) in [7, 11) is -2.42. The van der Waals surface area contributed by atoms with Gasteiger partial charge < -0.3 is 20.1 Å². The van der Waals surface area contributed by atoms with Crippen molar-refractivity contribution in [2.45, 2.75) is 50.9 Å². The normalized spacial score (nSPS) is 18.3. The van der Waals surface area contributed by atoms with Crippen LogP contribution in [0.4, 0.5) is 4.39 Å². The first-order valence-electron chi connectivity index (χ1n) is 16.6. The molecule has 0 spiro atoms. The van der Waals surface area contributed by atoms with Gasteiger partial charge in [0.05, 0.1) is 47.2 Å². The molecule has 4 aromatic rings. The Kier molecular flexibility index (Phi) is 11.8. The molecule has 0 unspecified atom stereocenters. The first-order valence-corrected chi connectivity index (χ1v) is 21.1. The summed E-state index contributed by atoms with van der Waals surface area (Å²) in [5.41, 5.74) is 4.48. The number of aromatic nitrogens is 2. The van der Waals surface area contributed by atoms with E-state index in [1.165, 1.54) is 13.2 Å². The molecule has 2 aromatic heterocycles. The predicted molar refractivity (Wildman–Crippen MR) is 202 cm³/mol. The molecule has 0 amide bonds. The summed E-state index contributed by atoms with van der Waals surface area (Å²) in [5.74, 6) is 1.34. The Bertz CT molecular complexity index is 2000. The first kappa shape index (κ1) is 37.7. The van der Waals surface area contributed by atoms with Crippen molar-refractivity contribution in [3.8, 4) is 45.3 Å². The van der Waals surface area contributed by atoms with Crippen LogP contribution < -0.4 is 20.1 Å². The lowest BCUT2D eigenvalue weighted by atomic mass is 9.99. The van der Waals surface area contributed by atoms with Crippen LogP contribution in [0.3, 0.4) is 0 Å². The van der Waals surface area contributed by atoms with Crippen LogP contribution in [0, 0.1) is 5.82 Å². The molecular formula is C36H41Cl2FN4O6S2. The molecule has 15 heteroatoms. The van der Waals surface area contributed by atoms with Gasteiger partial charge >= 0.3 is 0 Å². The van der Waals surface area contributed by atoms with E-state index in [0.29, 0.717) is 99.6 Å². The number of nitrogens with zero attached hydrogens (tertiary/aromatic N) is 2. The lowest BCUT2D eigenvalue weighted by Crippen LogP contribution is -2.37. The number of pyridine rings is 2. The van der Waals surface area contributed by atoms with E-state index >= 15 is 4.39 Å². The zero-order chi connectivity index (χ0) is 36.3. The van der Waals surface area contributed by atoms with Gasteiger partial charge in [-0.2, -0.15) is 10.6 Å². The molecule has 4 heterocycles. The Morgan fingerprint density at radius 3 is 2.18 bits per heavy atom. The molecule has 274 valence electrons. The van der Waals surface area contributed by atoms with Crippen LogP contribution in [0.15, 0.2) is 54.7 Å². The van der Waals surface area contributed by atoms with E-state index < -0.39 is 26.2 Å². The Morgan fingerprint density at radius 2 is 1.49 bits per heavy atom. The number of sulfone groups is 1. The maximum Gasteiger partial charge on any atom is 0.218 e. The third-order valence-electron chi connectivity index (χ3n) is 9.52. The predicted octanol–water partition coefficient (Wildman–Crippen LogP) is 7.61. The average molecular weight is 780 g/mol. The second kappa shape index (κ2) is 15.9. The summed E-state index contributed by atoms with van der Waals surface area (Å²) < 4.78 is 70.3. The monoisotopic (exact) mass is 778 g/mol. The van der Waals surface area contributed by atoms with Gasteiger partial charge in [0.1, 0.15) is 21.4 Å². The van der Waals surface area contributed by atoms with Gasteiger partial charge in [-0.1, -0.05) is 47.5 Å². The summed E-state index contributed by atoms with van der Waals surface area (Å²) in [6, 6.07) is 14.3. The summed E-state index contributed by atoms with van der Waals surface area (Å²) in [6.07, 6.45) is 3.95. The maximum absolute atomic E-state index is 15.7. The average Bonchev–Trinajstić information content (AvgIpc) is 3.11. The SMILES string of the molecule is COc1cc(-c2nccc(-c3cccc(-c4ccc(CNC5CCS(=O)(=O)CC5)c(OC)n4)c3Cl)c2Cl)cc(F)c1CNC1CCS(O)(O)CC1. The van der Waals surface area contributed by atoms with Crippen molar-refractivity contribution < 1.29 is 31.4 Å². The van der Waals surface area contributed by atoms with Crippen LogP contribution in [-0.2, 0) is 22.9 Å². The van der Waals surface area contributed by atoms with Gasteiger partial charge in [0.15, 0.2) is 0 Å². The zero-order valence-corrected chi connectivity index (χ0v) is 31.4. The molecule has 10 nitrogen and oxygen atoms in total. The molecular weight excluding hydrogens is 738 g/mol. The number of rotatable bonds is 11. The van der Waals surface area contributed by atoms with Gasteiger partial charge in [-0.25, -0.2) is 17.8 Å². The van der Waals surface area contributed by atoms with Gasteiger partial charge in [0, 0.05) is 76.3 Å². The highest BCUT2D eigenvalue weighted by atomic mass is 35.5. The smallest absolute Gasteiger partial charge is 0.218 e. The Hall–Kier alpha value is -3.01. The highest BCUT2D eigenvalue weighted by Gasteiger charge is 2.26. The highest BCUT2D eigenvalue weighted by Crippen LogP contribution is 2.45. The van der Waals surface area contributed by atoms with Crippen LogP contribution in [0.1, 0.15) is 36.8 Å². The fraction of sp³-hybridized carbons (Fsp3) is 0.389. The van der Waals surface area contributed by atoms with Crippen molar-refractivity contribution in [2.24, 2.45) is 0 Å². The fourth-order valence-electron chi connectivity index (χ4n) is 6.53. The van der Waals surface area contributed by atoms with Crippen molar-refractivity contribution in [1.82, 2.24) is 20.6 Å². The second-order valence-electron chi connectivity index (χ2n) is 12.9. The lowest BCUT2D eigenvalue weighted by Gasteiger charge is -2.39. The second-order valence-corrected chi connectivity index (χ2v) is 18.3. The van der Waals surface area contributed by atoms with Gasteiger partial charge in [-0.05, 0) is 49.9 Å². The standard InChI is InChI=1S/C36H41Cl2FN4O6S2/c1-48-32-19-23(18-30(39)29(32)21-42-25-11-16-51(46,47)17-12-25)35-34(38)27(8-13-40-35)26-4-3-5-28(33(26)37)31-7-6-22(36(43-31)49-2)20-41-24-9-14-50(44,45)15-10-24/h3-8,13,18-19,24-25,41-42,46-47H,9-12,14-17,20-21H2,1-2H3. The van der Waals surface area contributed by atoms with Gasteiger partial charge in [0.25, 0.3) is 0 Å². The van der Waals surface area contributed by atoms with Gasteiger partial charge in [-0.3, -0.25) is 14.1 Å². The quantitative estimate of drug-likeness (QED) is 0.120. The molecule has 51 heavy (non-hydrogen) atoms. The molecule has 2 aromatic carbocycles. The lowest BCUT2D eigenvalue weighted by molar-refractivity contribution is 0.386. The zero-order valence-electron chi connectivity index (χ0n) is 28.3. The summed E-state index contributed by atoms with van der Waals surface area (Å²) >= 11 is 14.0. The fourth-order valence-corrected chi connectivity index (χ4v) is 10.2. The van der Waals surface area contributed by atoms with Crippen molar-refractivity contribution in [3.63, 3.8) is 0 Å². The molecule has 6 rings (SSSR count). The minimum atomic E-state index is -2.94. The number of ether oxygens (including phenoxy) is 2. The van der Waals surface area contributed by atoms with Crippen molar-refractivity contribution >= 4 is 43.6 Å². The number of hydrogen-bond acceptors (Lipinski definition) is 10. The molecule has 4 N–H and O–H groups in total. The molecule has 0 radical (unpaired) electrons. The molecule has 0 atom stereocenters. The van der Waals surface area contributed by atoms with Crippen LogP contribution >= 0.6 is 33.8 Å². The molecule has 0 saturated carbocycles. The summed E-state index contributed by atoms with van der Waals surface area (Å²) in [5, 5.41) is 7.46. The van der Waals surface area contributed by atoms with Gasteiger partial charge in [0.2, 0.25) is 5.88 Å². The largest absolute Gasteiger partial charge is 0.496 e. The Morgan fingerprint density at radius 1 is 0.843 bits per heavy atom. The number of methoxy groups -OCH3 is 2. The van der Waals surface area contributed by atoms with Crippen LogP contribution in [0.2, 0.25) is 10.0 Å². The number of benzene rings is 2. The van der Waals surface area contributed by atoms with Crippen molar-refractivity contribution in [2.75, 3.05) is 37.2 Å². The van der Waals surface area contributed by atoms with E-state index in [9.17, 15) is 17.5 Å². The highest BCUT2D eigenvalue weighted by molar-refractivity contribution is 8.24. The Labute approximate surface area is 309 Å². The Balaban J connectivity index is 1.23. The van der Waals surface area contributed by atoms with E-state index in [0.717, 1.165) is 5.56 Å². The number of halogens is 3. The van der Waals surface area contributed by atoms with Crippen LogP contribution in [0.25, 0.3) is 33.6 Å². The molecule has 2 saturated heterocycles. The summed E-state index contributed by atoms with van der Waals surface area (Å²) in [6.45, 7) is 0.691. The van der Waals surface area contributed by atoms with Crippen molar-refractivity contribution in [1.29, 1.82) is 0 Å². The van der Waals surface area contributed by atoms with E-state index in [1.807, 2.05) is 30.3 Å². The van der Waals surface area contributed by atoms with E-state index in [1.54, 1.807) is 25.4 Å². The first-order chi connectivity index (χ1) is 24.4. The third kappa shape index (κ3) is 8.80. The van der Waals surface area contributed by atoms with E-state index in [2.05, 4.69) is 15.6 Å². The third-order valence-corrected chi connectivity index (χ3v) is 13.8. The molecule has 2 fully saturated rings. The van der Waals surface area contributed by atoms with Crippen molar-refractivity contribution in [3.05, 3.63) is 81.7 Å².